The van der Waals surface area contributed by atoms with Gasteiger partial charge in [0.1, 0.15) is 5.75 Å². The lowest BCUT2D eigenvalue weighted by molar-refractivity contribution is 0.205. The highest BCUT2D eigenvalue weighted by atomic mass is 16.5. The van der Waals surface area contributed by atoms with E-state index < -0.39 is 7.12 Å². The van der Waals surface area contributed by atoms with Crippen LogP contribution in [0.25, 0.3) is 0 Å². The SMILES string of the molecule is COc1ccc(CN2CC3CCC2C3)cc1B(O)O. The minimum Gasteiger partial charge on any atom is -0.497 e. The van der Waals surface area contributed by atoms with Gasteiger partial charge in [-0.15, -0.1) is 0 Å². The Hall–Kier alpha value is -1.04. The topological polar surface area (TPSA) is 52.9 Å². The van der Waals surface area contributed by atoms with Crippen molar-refractivity contribution in [1.29, 1.82) is 0 Å². The lowest BCUT2D eigenvalue weighted by atomic mass is 9.78. The number of fused-ring (bicyclic) bond motifs is 2. The maximum Gasteiger partial charge on any atom is 0.492 e. The molecule has 5 heteroatoms. The van der Waals surface area contributed by atoms with Gasteiger partial charge in [-0.25, -0.2) is 0 Å². The predicted octanol–water partition coefficient (Wildman–Crippen LogP) is 0.359. The van der Waals surface area contributed by atoms with Gasteiger partial charge in [0, 0.05) is 24.6 Å². The van der Waals surface area contributed by atoms with Crippen LogP contribution in [0.1, 0.15) is 24.8 Å². The first-order valence-corrected chi connectivity index (χ1v) is 6.94. The van der Waals surface area contributed by atoms with E-state index in [0.717, 1.165) is 24.1 Å². The van der Waals surface area contributed by atoms with Crippen LogP contribution in [0.15, 0.2) is 18.2 Å². The van der Waals surface area contributed by atoms with Gasteiger partial charge in [-0.05, 0) is 36.8 Å². The largest absolute Gasteiger partial charge is 0.497 e. The van der Waals surface area contributed by atoms with E-state index in [4.69, 9.17) is 4.74 Å². The fourth-order valence-corrected chi connectivity index (χ4v) is 3.54. The Morgan fingerprint density at radius 1 is 1.37 bits per heavy atom. The van der Waals surface area contributed by atoms with Crippen molar-refractivity contribution < 1.29 is 14.8 Å². The van der Waals surface area contributed by atoms with Crippen molar-refractivity contribution in [3.8, 4) is 5.75 Å². The molecule has 0 spiro atoms. The Morgan fingerprint density at radius 3 is 2.79 bits per heavy atom. The van der Waals surface area contributed by atoms with E-state index >= 15 is 0 Å². The highest BCUT2D eigenvalue weighted by Crippen LogP contribution is 2.38. The molecule has 2 unspecified atom stereocenters. The zero-order valence-electron chi connectivity index (χ0n) is 11.2. The molecule has 102 valence electrons. The molecule has 1 heterocycles. The lowest BCUT2D eigenvalue weighted by Crippen LogP contribution is -2.34. The van der Waals surface area contributed by atoms with Gasteiger partial charge >= 0.3 is 7.12 Å². The Labute approximate surface area is 114 Å². The van der Waals surface area contributed by atoms with E-state index in [9.17, 15) is 10.0 Å². The summed E-state index contributed by atoms with van der Waals surface area (Å²) in [6.45, 7) is 2.08. The molecule has 19 heavy (non-hydrogen) atoms. The highest BCUT2D eigenvalue weighted by molar-refractivity contribution is 6.59. The van der Waals surface area contributed by atoms with Crippen molar-refractivity contribution >= 4 is 12.6 Å². The van der Waals surface area contributed by atoms with Crippen LogP contribution in [0.5, 0.6) is 5.75 Å². The molecule has 2 N–H and O–H groups in total. The summed E-state index contributed by atoms with van der Waals surface area (Å²) in [5.74, 6) is 1.41. The molecule has 1 aromatic carbocycles. The van der Waals surface area contributed by atoms with Crippen LogP contribution >= 0.6 is 0 Å². The molecule has 1 saturated carbocycles. The summed E-state index contributed by atoms with van der Waals surface area (Å²) in [6.07, 6.45) is 4.03. The number of rotatable bonds is 4. The monoisotopic (exact) mass is 261 g/mol. The van der Waals surface area contributed by atoms with Crippen LogP contribution < -0.4 is 10.2 Å². The number of methoxy groups -OCH3 is 1. The van der Waals surface area contributed by atoms with E-state index in [0.29, 0.717) is 11.2 Å². The predicted molar refractivity (Wildman–Crippen MR) is 74.4 cm³/mol. The number of likely N-dealkylation sites (tertiary alicyclic amines) is 1. The fraction of sp³-hybridized carbons (Fsp3) is 0.571. The molecule has 1 aromatic rings. The summed E-state index contributed by atoms with van der Waals surface area (Å²) in [6, 6.07) is 6.40. The maximum absolute atomic E-state index is 9.39. The number of nitrogens with zero attached hydrogens (tertiary/aromatic N) is 1. The van der Waals surface area contributed by atoms with Gasteiger partial charge in [-0.3, -0.25) is 4.90 Å². The van der Waals surface area contributed by atoms with Crippen molar-refractivity contribution in [2.45, 2.75) is 31.8 Å². The molecule has 1 saturated heterocycles. The molecule has 2 aliphatic rings. The number of hydrogen-bond acceptors (Lipinski definition) is 4. The summed E-state index contributed by atoms with van der Waals surface area (Å²) in [5.41, 5.74) is 1.57. The van der Waals surface area contributed by atoms with E-state index in [1.54, 1.807) is 7.11 Å². The Balaban J connectivity index is 1.76. The molecule has 2 fully saturated rings. The van der Waals surface area contributed by atoms with Crippen LogP contribution in [0.3, 0.4) is 0 Å². The molecule has 2 bridgehead atoms. The summed E-state index contributed by atoms with van der Waals surface area (Å²) >= 11 is 0. The molecule has 4 nitrogen and oxygen atoms in total. The fourth-order valence-electron chi connectivity index (χ4n) is 3.54. The van der Waals surface area contributed by atoms with Crippen LogP contribution in [0, 0.1) is 5.92 Å². The molecule has 2 atom stereocenters. The number of ether oxygens (including phenoxy) is 1. The van der Waals surface area contributed by atoms with Crippen LogP contribution in [0.2, 0.25) is 0 Å². The van der Waals surface area contributed by atoms with E-state index in [1.165, 1.54) is 25.8 Å². The van der Waals surface area contributed by atoms with Gasteiger partial charge < -0.3 is 14.8 Å². The third-order valence-corrected chi connectivity index (χ3v) is 4.48. The minimum atomic E-state index is -1.48. The Morgan fingerprint density at radius 2 is 2.21 bits per heavy atom. The third-order valence-electron chi connectivity index (χ3n) is 4.48. The minimum absolute atomic E-state index is 0.448. The Kier molecular flexibility index (Phi) is 3.52. The van der Waals surface area contributed by atoms with Crippen molar-refractivity contribution in [3.05, 3.63) is 23.8 Å². The van der Waals surface area contributed by atoms with E-state index in [1.807, 2.05) is 18.2 Å². The Bertz CT molecular complexity index is 466. The first-order valence-electron chi connectivity index (χ1n) is 6.94. The molecule has 0 amide bonds. The number of hydrogen-bond donors (Lipinski definition) is 2. The average Bonchev–Trinajstić information content (AvgIpc) is 3.01. The second-order valence-electron chi connectivity index (χ2n) is 5.71. The van der Waals surface area contributed by atoms with Crippen molar-refractivity contribution in [1.82, 2.24) is 4.90 Å². The number of piperidine rings is 1. The van der Waals surface area contributed by atoms with Gasteiger partial charge in [0.15, 0.2) is 0 Å². The van der Waals surface area contributed by atoms with Crippen LogP contribution in [0.4, 0.5) is 0 Å². The first-order chi connectivity index (χ1) is 9.17. The average molecular weight is 261 g/mol. The lowest BCUT2D eigenvalue weighted by Gasteiger charge is -2.27. The number of benzene rings is 1. The molecule has 0 aromatic heterocycles. The zero-order valence-corrected chi connectivity index (χ0v) is 11.2. The molecule has 1 aliphatic carbocycles. The zero-order chi connectivity index (χ0) is 13.4. The molecule has 3 rings (SSSR count). The van der Waals surface area contributed by atoms with Gasteiger partial charge in [0.05, 0.1) is 7.11 Å². The van der Waals surface area contributed by atoms with Crippen molar-refractivity contribution in [3.63, 3.8) is 0 Å². The quantitative estimate of drug-likeness (QED) is 0.768. The van der Waals surface area contributed by atoms with Crippen molar-refractivity contribution in [2.75, 3.05) is 13.7 Å². The summed E-state index contributed by atoms with van der Waals surface area (Å²) in [4.78, 5) is 2.52. The molecular weight excluding hydrogens is 241 g/mol. The molecule has 0 radical (unpaired) electrons. The van der Waals surface area contributed by atoms with E-state index in [2.05, 4.69) is 4.90 Å². The third kappa shape index (κ3) is 2.50. The second-order valence-corrected chi connectivity index (χ2v) is 5.71. The smallest absolute Gasteiger partial charge is 0.492 e. The van der Waals surface area contributed by atoms with Gasteiger partial charge in [0.25, 0.3) is 0 Å². The summed E-state index contributed by atoms with van der Waals surface area (Å²) < 4.78 is 5.15. The second kappa shape index (κ2) is 5.15. The molecule has 1 aliphatic heterocycles. The normalized spacial score (nSPS) is 25.8. The summed E-state index contributed by atoms with van der Waals surface area (Å²) in [7, 11) is 0.0604. The first kappa shape index (κ1) is 13.0. The molecular formula is C14H20BNO3. The maximum atomic E-state index is 9.39. The summed E-state index contributed by atoms with van der Waals surface area (Å²) in [5, 5.41) is 18.8. The van der Waals surface area contributed by atoms with Gasteiger partial charge in [0.2, 0.25) is 0 Å². The van der Waals surface area contributed by atoms with Crippen LogP contribution in [-0.2, 0) is 6.54 Å². The van der Waals surface area contributed by atoms with Crippen molar-refractivity contribution in [2.24, 2.45) is 5.92 Å². The van der Waals surface area contributed by atoms with Gasteiger partial charge in [-0.1, -0.05) is 12.1 Å². The highest BCUT2D eigenvalue weighted by Gasteiger charge is 2.37. The van der Waals surface area contributed by atoms with Gasteiger partial charge in [-0.2, -0.15) is 0 Å². The van der Waals surface area contributed by atoms with E-state index in [-0.39, 0.29) is 0 Å². The standard InChI is InChI=1S/C14H20BNO3/c1-19-14-5-3-11(7-13(14)15(17)18)9-16-8-10-2-4-12(16)6-10/h3,5,7,10,12,17-18H,2,4,6,8-9H2,1H3. The van der Waals surface area contributed by atoms with Crippen LogP contribution in [-0.4, -0.2) is 41.8 Å².